The van der Waals surface area contributed by atoms with E-state index in [-0.39, 0.29) is 22.9 Å². The molecule has 106 valence electrons. The first-order chi connectivity index (χ1) is 8.83. The Kier molecular flexibility index (Phi) is 5.81. The first kappa shape index (κ1) is 16.0. The molecule has 0 aliphatic heterocycles. The quantitative estimate of drug-likeness (QED) is 0.568. The first-order valence-electron chi connectivity index (χ1n) is 5.45. The number of sulfone groups is 1. The van der Waals surface area contributed by atoms with Gasteiger partial charge in [0, 0.05) is 12.0 Å². The van der Waals surface area contributed by atoms with Gasteiger partial charge in [-0.15, -0.1) is 0 Å². The van der Waals surface area contributed by atoms with Crippen molar-refractivity contribution >= 4 is 27.4 Å². The maximum absolute atomic E-state index is 13.1. The van der Waals surface area contributed by atoms with Gasteiger partial charge in [-0.3, -0.25) is 4.79 Å². The molecule has 0 aliphatic carbocycles. The molecule has 0 radical (unpaired) electrons. The van der Waals surface area contributed by atoms with Gasteiger partial charge >= 0.3 is 0 Å². The average Bonchev–Trinajstić information content (AvgIpc) is 2.33. The Bertz CT molecular complexity index is 555. The van der Waals surface area contributed by atoms with Crippen LogP contribution >= 0.6 is 11.8 Å². The van der Waals surface area contributed by atoms with Crippen molar-refractivity contribution in [1.82, 2.24) is 0 Å². The number of halogens is 1. The van der Waals surface area contributed by atoms with Crippen molar-refractivity contribution in [3.8, 4) is 5.75 Å². The Morgan fingerprint density at radius 3 is 2.68 bits per heavy atom. The van der Waals surface area contributed by atoms with Crippen molar-refractivity contribution in [2.24, 2.45) is 0 Å². The highest BCUT2D eigenvalue weighted by atomic mass is 32.2. The number of ether oxygens (including phenoxy) is 1. The number of hydrogen-bond donors (Lipinski definition) is 0. The molecule has 0 aromatic heterocycles. The maximum atomic E-state index is 13.1. The molecule has 7 heteroatoms. The first-order valence-corrected chi connectivity index (χ1v) is 8.67. The van der Waals surface area contributed by atoms with Crippen LogP contribution in [0.25, 0.3) is 0 Å². The van der Waals surface area contributed by atoms with E-state index in [4.69, 9.17) is 4.74 Å². The van der Waals surface area contributed by atoms with Gasteiger partial charge < -0.3 is 4.74 Å². The van der Waals surface area contributed by atoms with Crippen LogP contribution in [0.5, 0.6) is 5.75 Å². The summed E-state index contributed by atoms with van der Waals surface area (Å²) >= 11 is 1.20. The predicted octanol–water partition coefficient (Wildman–Crippen LogP) is 1.79. The molecule has 0 amide bonds. The van der Waals surface area contributed by atoms with Crippen LogP contribution in [0.1, 0.15) is 10.4 Å². The fourth-order valence-corrected chi connectivity index (χ4v) is 3.52. The molecule has 0 saturated heterocycles. The van der Waals surface area contributed by atoms with Crippen LogP contribution < -0.4 is 4.74 Å². The third-order valence-corrected chi connectivity index (χ3v) is 4.46. The van der Waals surface area contributed by atoms with Crippen molar-refractivity contribution in [2.45, 2.75) is 0 Å². The molecule has 0 bridgehead atoms. The van der Waals surface area contributed by atoms with Gasteiger partial charge in [-0.2, -0.15) is 11.8 Å². The highest BCUT2D eigenvalue weighted by Gasteiger charge is 2.13. The number of ketones is 1. The molecule has 0 atom stereocenters. The van der Waals surface area contributed by atoms with Crippen molar-refractivity contribution < 1.29 is 22.3 Å². The Labute approximate surface area is 116 Å². The second kappa shape index (κ2) is 6.91. The van der Waals surface area contributed by atoms with E-state index in [1.807, 2.05) is 0 Å². The fourth-order valence-electron chi connectivity index (χ4n) is 1.35. The number of carbonyl (C=O) groups is 1. The summed E-state index contributed by atoms with van der Waals surface area (Å²) in [7, 11) is -1.62. The van der Waals surface area contributed by atoms with E-state index >= 15 is 0 Å². The summed E-state index contributed by atoms with van der Waals surface area (Å²) in [6.07, 6.45) is 1.14. The zero-order chi connectivity index (χ0) is 14.5. The summed E-state index contributed by atoms with van der Waals surface area (Å²) in [4.78, 5) is 11.9. The zero-order valence-electron chi connectivity index (χ0n) is 10.7. The van der Waals surface area contributed by atoms with Crippen LogP contribution in [0.15, 0.2) is 18.2 Å². The van der Waals surface area contributed by atoms with Crippen molar-refractivity contribution in [3.05, 3.63) is 29.6 Å². The molecular formula is C12H15FO4S2. The topological polar surface area (TPSA) is 60.4 Å². The second-order valence-electron chi connectivity index (χ2n) is 3.95. The summed E-state index contributed by atoms with van der Waals surface area (Å²) in [5, 5.41) is 0. The molecular weight excluding hydrogens is 291 g/mol. The second-order valence-corrected chi connectivity index (χ2v) is 7.32. The van der Waals surface area contributed by atoms with Gasteiger partial charge in [-0.1, -0.05) is 0 Å². The largest absolute Gasteiger partial charge is 0.496 e. The third kappa shape index (κ3) is 5.61. The van der Waals surface area contributed by atoms with E-state index < -0.39 is 15.7 Å². The average molecular weight is 306 g/mol. The monoisotopic (exact) mass is 306 g/mol. The number of rotatable bonds is 7. The van der Waals surface area contributed by atoms with Crippen LogP contribution in [0.4, 0.5) is 4.39 Å². The van der Waals surface area contributed by atoms with E-state index in [2.05, 4.69) is 0 Å². The lowest BCUT2D eigenvalue weighted by Gasteiger charge is -2.07. The molecule has 0 aliphatic rings. The van der Waals surface area contributed by atoms with Crippen molar-refractivity contribution in [2.75, 3.05) is 30.6 Å². The molecule has 19 heavy (non-hydrogen) atoms. The van der Waals surface area contributed by atoms with Gasteiger partial charge in [-0.25, -0.2) is 12.8 Å². The van der Waals surface area contributed by atoms with Crippen LogP contribution in [-0.2, 0) is 9.84 Å². The van der Waals surface area contributed by atoms with E-state index in [1.165, 1.54) is 31.0 Å². The Balaban J connectivity index is 2.61. The lowest BCUT2D eigenvalue weighted by atomic mass is 10.1. The molecule has 1 rings (SSSR count). The number of Topliss-reactive ketones (excluding diaryl/α,β-unsaturated/α-hetero) is 1. The van der Waals surface area contributed by atoms with E-state index in [1.54, 1.807) is 0 Å². The molecule has 0 unspecified atom stereocenters. The van der Waals surface area contributed by atoms with E-state index in [0.29, 0.717) is 11.5 Å². The number of benzene rings is 1. The SMILES string of the molecule is COc1ccc(F)cc1C(=O)CSCCS(C)(=O)=O. The van der Waals surface area contributed by atoms with Crippen molar-refractivity contribution in [3.63, 3.8) is 0 Å². The number of thioether (sulfide) groups is 1. The summed E-state index contributed by atoms with van der Waals surface area (Å²) in [5.74, 6) is -0.0294. The predicted molar refractivity (Wildman–Crippen MR) is 74.3 cm³/mol. The van der Waals surface area contributed by atoms with E-state index in [9.17, 15) is 17.6 Å². The van der Waals surface area contributed by atoms with Crippen LogP contribution in [-0.4, -0.2) is 44.8 Å². The molecule has 0 fully saturated rings. The third-order valence-electron chi connectivity index (χ3n) is 2.29. The fraction of sp³-hybridized carbons (Fsp3) is 0.417. The molecule has 0 heterocycles. The number of hydrogen-bond acceptors (Lipinski definition) is 5. The molecule has 0 saturated carbocycles. The minimum absolute atomic E-state index is 0.0191. The van der Waals surface area contributed by atoms with Gasteiger partial charge in [0.25, 0.3) is 0 Å². The Morgan fingerprint density at radius 1 is 1.42 bits per heavy atom. The standard InChI is InChI=1S/C12H15FO4S2/c1-17-12-4-3-9(13)7-10(12)11(14)8-18-5-6-19(2,15)16/h3-4,7H,5-6,8H2,1-2H3. The lowest BCUT2D eigenvalue weighted by molar-refractivity contribution is 0.101. The number of methoxy groups -OCH3 is 1. The summed E-state index contributed by atoms with van der Waals surface area (Å²) in [5.41, 5.74) is 0.175. The lowest BCUT2D eigenvalue weighted by Crippen LogP contribution is -2.09. The summed E-state index contributed by atoms with van der Waals surface area (Å²) in [6.45, 7) is 0. The molecule has 1 aromatic carbocycles. The van der Waals surface area contributed by atoms with Crippen LogP contribution in [0.2, 0.25) is 0 Å². The van der Waals surface area contributed by atoms with Crippen molar-refractivity contribution in [1.29, 1.82) is 0 Å². The van der Waals surface area contributed by atoms with Crippen LogP contribution in [0.3, 0.4) is 0 Å². The highest BCUT2D eigenvalue weighted by Crippen LogP contribution is 2.21. The smallest absolute Gasteiger partial charge is 0.176 e. The minimum Gasteiger partial charge on any atom is -0.496 e. The molecule has 0 spiro atoms. The van der Waals surface area contributed by atoms with Gasteiger partial charge in [0.05, 0.1) is 24.2 Å². The molecule has 0 N–H and O–H groups in total. The molecule has 4 nitrogen and oxygen atoms in total. The summed E-state index contributed by atoms with van der Waals surface area (Å²) < 4.78 is 39.9. The number of carbonyl (C=O) groups excluding carboxylic acids is 1. The summed E-state index contributed by atoms with van der Waals surface area (Å²) in [6, 6.07) is 3.73. The minimum atomic E-state index is -3.02. The Hall–Kier alpha value is -1.08. The van der Waals surface area contributed by atoms with Crippen LogP contribution in [0, 0.1) is 5.82 Å². The van der Waals surface area contributed by atoms with E-state index in [0.717, 1.165) is 12.3 Å². The van der Waals surface area contributed by atoms with Gasteiger partial charge in [0.1, 0.15) is 21.4 Å². The van der Waals surface area contributed by atoms with Gasteiger partial charge in [-0.05, 0) is 18.2 Å². The molecule has 1 aromatic rings. The van der Waals surface area contributed by atoms with Gasteiger partial charge in [0.2, 0.25) is 0 Å². The normalized spacial score (nSPS) is 11.3. The Morgan fingerprint density at radius 2 is 2.11 bits per heavy atom. The maximum Gasteiger partial charge on any atom is 0.176 e. The van der Waals surface area contributed by atoms with Gasteiger partial charge in [0.15, 0.2) is 5.78 Å². The zero-order valence-corrected chi connectivity index (χ0v) is 12.3. The highest BCUT2D eigenvalue weighted by molar-refractivity contribution is 8.01.